The number of ether oxygens (including phenoxy) is 2. The van der Waals surface area contributed by atoms with Gasteiger partial charge in [0.1, 0.15) is 18.2 Å². The highest BCUT2D eigenvalue weighted by atomic mass is 28.3. The van der Waals surface area contributed by atoms with Gasteiger partial charge in [0.05, 0.1) is 31.0 Å². The van der Waals surface area contributed by atoms with E-state index in [4.69, 9.17) is 25.3 Å². The van der Waals surface area contributed by atoms with Crippen LogP contribution in [0.3, 0.4) is 0 Å². The predicted molar refractivity (Wildman–Crippen MR) is 204 cm³/mol. The van der Waals surface area contributed by atoms with E-state index in [1.165, 1.54) is 38.5 Å². The lowest BCUT2D eigenvalue weighted by atomic mass is 9.63. The SMILES string of the molecule is CCc1c(-c2ccc(NC(=O)C(c3cnn(CCOC)c3C(N)=O)C(C3CCCCC3)C3CCCCC3)nc2)c(C)nn1COCC[Si](C)(C)C. The van der Waals surface area contributed by atoms with E-state index >= 15 is 0 Å². The van der Waals surface area contributed by atoms with Gasteiger partial charge in [0.25, 0.3) is 5.91 Å². The average molecular weight is 720 g/mol. The Kier molecular flexibility index (Phi) is 13.7. The van der Waals surface area contributed by atoms with Gasteiger partial charge in [-0.2, -0.15) is 10.2 Å². The number of aryl methyl sites for hydroxylation is 1. The summed E-state index contributed by atoms with van der Waals surface area (Å²) in [5, 5.41) is 12.6. The van der Waals surface area contributed by atoms with Crippen molar-refractivity contribution in [3.63, 3.8) is 0 Å². The molecule has 3 heterocycles. The Balaban J connectivity index is 1.45. The van der Waals surface area contributed by atoms with Gasteiger partial charge in [-0.1, -0.05) is 90.8 Å². The molecule has 0 aliphatic heterocycles. The third-order valence-electron chi connectivity index (χ3n) is 11.1. The van der Waals surface area contributed by atoms with Crippen LogP contribution in [0.5, 0.6) is 0 Å². The summed E-state index contributed by atoms with van der Waals surface area (Å²) in [5.74, 6) is 0.0315. The van der Waals surface area contributed by atoms with Crippen LogP contribution in [0.2, 0.25) is 25.7 Å². The lowest BCUT2D eigenvalue weighted by molar-refractivity contribution is -0.120. The van der Waals surface area contributed by atoms with E-state index in [2.05, 4.69) is 37.0 Å². The molecule has 0 bridgehead atoms. The topological polar surface area (TPSA) is 139 Å². The van der Waals surface area contributed by atoms with E-state index in [-0.39, 0.29) is 11.8 Å². The van der Waals surface area contributed by atoms with Crippen LogP contribution in [0, 0.1) is 24.7 Å². The summed E-state index contributed by atoms with van der Waals surface area (Å²) >= 11 is 0. The highest BCUT2D eigenvalue weighted by molar-refractivity contribution is 6.76. The molecule has 5 rings (SSSR count). The first-order valence-electron chi connectivity index (χ1n) is 19.3. The van der Waals surface area contributed by atoms with Crippen LogP contribution < -0.4 is 11.1 Å². The molecule has 2 aliphatic rings. The predicted octanol–water partition coefficient (Wildman–Crippen LogP) is 7.57. The molecule has 2 amide bonds. The molecule has 12 heteroatoms. The summed E-state index contributed by atoms with van der Waals surface area (Å²) in [6.07, 6.45) is 15.8. The Morgan fingerprint density at radius 2 is 1.65 bits per heavy atom. The molecule has 0 saturated heterocycles. The van der Waals surface area contributed by atoms with Gasteiger partial charge in [-0.15, -0.1) is 0 Å². The zero-order chi connectivity index (χ0) is 36.5. The fraction of sp³-hybridized carbons (Fsp3) is 0.667. The Bertz CT molecular complexity index is 1570. The third kappa shape index (κ3) is 9.75. The van der Waals surface area contributed by atoms with Crippen molar-refractivity contribution in [2.24, 2.45) is 23.5 Å². The molecular formula is C39H61N7O4Si. The Morgan fingerprint density at radius 3 is 2.20 bits per heavy atom. The molecule has 0 aromatic carbocycles. The number of nitrogens with zero attached hydrogens (tertiary/aromatic N) is 5. The zero-order valence-corrected chi connectivity index (χ0v) is 32.9. The van der Waals surface area contributed by atoms with Crippen LogP contribution in [-0.4, -0.2) is 64.8 Å². The summed E-state index contributed by atoms with van der Waals surface area (Å²) < 4.78 is 14.9. The number of methoxy groups -OCH3 is 1. The second kappa shape index (κ2) is 17.9. The first-order chi connectivity index (χ1) is 24.5. The van der Waals surface area contributed by atoms with E-state index < -0.39 is 19.9 Å². The van der Waals surface area contributed by atoms with Crippen molar-refractivity contribution in [1.29, 1.82) is 0 Å². The summed E-state index contributed by atoms with van der Waals surface area (Å²) in [5.41, 5.74) is 11.0. The number of anilines is 1. The second-order valence-electron chi connectivity index (χ2n) is 15.9. The first-order valence-corrected chi connectivity index (χ1v) is 23.0. The quantitative estimate of drug-likeness (QED) is 0.108. The number of aromatic nitrogens is 5. The number of nitrogens with one attached hydrogen (secondary N) is 1. The molecular weight excluding hydrogens is 659 g/mol. The highest BCUT2D eigenvalue weighted by Crippen LogP contribution is 2.48. The molecule has 2 saturated carbocycles. The fourth-order valence-corrected chi connectivity index (χ4v) is 9.31. The van der Waals surface area contributed by atoms with E-state index in [9.17, 15) is 9.59 Å². The second-order valence-corrected chi connectivity index (χ2v) is 21.5. The number of pyridine rings is 1. The maximum atomic E-state index is 14.7. The van der Waals surface area contributed by atoms with Crippen LogP contribution in [0.1, 0.15) is 104 Å². The Morgan fingerprint density at radius 1 is 0.980 bits per heavy atom. The average Bonchev–Trinajstić information content (AvgIpc) is 3.68. The van der Waals surface area contributed by atoms with Gasteiger partial charge in [-0.25, -0.2) is 9.67 Å². The van der Waals surface area contributed by atoms with Gasteiger partial charge in [0.15, 0.2) is 0 Å². The summed E-state index contributed by atoms with van der Waals surface area (Å²) in [6.45, 7) is 13.1. The van der Waals surface area contributed by atoms with Crippen molar-refractivity contribution in [1.82, 2.24) is 24.5 Å². The van der Waals surface area contributed by atoms with E-state index in [1.54, 1.807) is 18.0 Å². The number of hydrogen-bond acceptors (Lipinski definition) is 7. The van der Waals surface area contributed by atoms with Gasteiger partial charge in [-0.05, 0) is 49.3 Å². The van der Waals surface area contributed by atoms with Crippen molar-refractivity contribution >= 4 is 25.7 Å². The number of nitrogens with two attached hydrogens (primary N) is 1. The largest absolute Gasteiger partial charge is 0.383 e. The molecule has 3 aromatic rings. The number of hydrogen-bond donors (Lipinski definition) is 2. The molecule has 2 aliphatic carbocycles. The molecule has 1 atom stereocenters. The standard InChI is InChI=1S/C39H61N7O4Si/c1-7-32-34(27(2)44-46(32)26-50-22-23-51(4,5)6)30-18-19-33(41-24-30)43-39(48)36(31-25-42-45(20-21-49-3)37(31)38(40)47)35(28-14-10-8-11-15-28)29-16-12-9-13-17-29/h18-19,24-25,28-29,35-36H,7-17,20-23,26H2,1-6H3,(H2,40,47)(H,41,43,48). The molecule has 2 fully saturated rings. The van der Waals surface area contributed by atoms with E-state index in [1.807, 2.05) is 29.9 Å². The molecule has 3 aromatic heterocycles. The Labute approximate surface area is 305 Å². The summed E-state index contributed by atoms with van der Waals surface area (Å²) in [7, 11) is 0.439. The molecule has 51 heavy (non-hydrogen) atoms. The van der Waals surface area contributed by atoms with E-state index in [0.717, 1.165) is 67.3 Å². The zero-order valence-electron chi connectivity index (χ0n) is 31.9. The fourth-order valence-electron chi connectivity index (χ4n) is 8.55. The van der Waals surface area contributed by atoms with Crippen molar-refractivity contribution in [2.45, 2.75) is 129 Å². The molecule has 11 nitrogen and oxygen atoms in total. The van der Waals surface area contributed by atoms with Crippen LogP contribution in [0.25, 0.3) is 11.1 Å². The highest BCUT2D eigenvalue weighted by Gasteiger charge is 2.43. The third-order valence-corrected chi connectivity index (χ3v) is 12.8. The number of primary amides is 1. The van der Waals surface area contributed by atoms with Gasteiger partial charge in [0.2, 0.25) is 5.91 Å². The van der Waals surface area contributed by atoms with Crippen LogP contribution >= 0.6 is 0 Å². The van der Waals surface area contributed by atoms with Crippen LogP contribution in [0.4, 0.5) is 5.82 Å². The minimum absolute atomic E-state index is 0.0802. The molecule has 0 spiro atoms. The number of carbonyl (C=O) groups is 2. The van der Waals surface area contributed by atoms with Crippen LogP contribution in [-0.2, 0) is 34.0 Å². The lowest BCUT2D eigenvalue weighted by Crippen LogP contribution is -2.39. The normalized spacial score (nSPS) is 16.8. The minimum atomic E-state index is -1.18. The van der Waals surface area contributed by atoms with Crippen molar-refractivity contribution < 1.29 is 19.1 Å². The van der Waals surface area contributed by atoms with Gasteiger partial charge >= 0.3 is 0 Å². The lowest BCUT2D eigenvalue weighted by Gasteiger charge is -2.41. The summed E-state index contributed by atoms with van der Waals surface area (Å²) in [4.78, 5) is 32.6. The minimum Gasteiger partial charge on any atom is -0.383 e. The molecule has 3 N–H and O–H groups in total. The maximum Gasteiger partial charge on any atom is 0.267 e. The monoisotopic (exact) mass is 719 g/mol. The van der Waals surface area contributed by atoms with Crippen molar-refractivity contribution in [3.05, 3.63) is 47.2 Å². The molecule has 280 valence electrons. The van der Waals surface area contributed by atoms with Crippen LogP contribution in [0.15, 0.2) is 24.5 Å². The van der Waals surface area contributed by atoms with Crippen molar-refractivity contribution in [2.75, 3.05) is 25.6 Å². The van der Waals surface area contributed by atoms with Crippen molar-refractivity contribution in [3.8, 4) is 11.1 Å². The number of carbonyl (C=O) groups excluding carboxylic acids is 2. The Hall–Kier alpha value is -3.35. The summed E-state index contributed by atoms with van der Waals surface area (Å²) in [6, 6.07) is 4.99. The van der Waals surface area contributed by atoms with Gasteiger partial charge in [-0.3, -0.25) is 14.3 Å². The smallest absolute Gasteiger partial charge is 0.267 e. The number of amides is 2. The van der Waals surface area contributed by atoms with Gasteiger partial charge < -0.3 is 20.5 Å². The first kappa shape index (κ1) is 38.9. The number of rotatable bonds is 17. The van der Waals surface area contributed by atoms with E-state index in [0.29, 0.717) is 48.8 Å². The molecule has 1 unspecified atom stereocenters. The molecule has 0 radical (unpaired) electrons. The van der Waals surface area contributed by atoms with Gasteiger partial charge in [0, 0.05) is 50.4 Å². The maximum absolute atomic E-state index is 14.7.